The number of halogens is 3. The number of ketones is 1. The molecule has 1 heterocycles. The molecular weight excluding hydrogens is 379 g/mol. The van der Waals surface area contributed by atoms with Crippen LogP contribution >= 0.6 is 0 Å². The van der Waals surface area contributed by atoms with Crippen LogP contribution in [0.3, 0.4) is 0 Å². The number of nitrogens with zero attached hydrogens (tertiary/aromatic N) is 1. The first-order valence-corrected chi connectivity index (χ1v) is 7.96. The number of anilines is 1. The van der Waals surface area contributed by atoms with Crippen molar-refractivity contribution in [3.8, 4) is 0 Å². The summed E-state index contributed by atoms with van der Waals surface area (Å²) in [6.45, 7) is 0.782. The summed E-state index contributed by atoms with van der Waals surface area (Å²) in [5.74, 6) is -2.91. The van der Waals surface area contributed by atoms with Gasteiger partial charge in [0.25, 0.3) is 11.8 Å². The first-order chi connectivity index (χ1) is 13.1. The van der Waals surface area contributed by atoms with E-state index in [2.05, 4.69) is 0 Å². The number of carbonyl (C=O) groups is 4. The number of fused-ring (bicyclic) bond motifs is 1. The molecule has 0 unspecified atom stereocenters. The number of hydrogen-bond donors (Lipinski definition) is 0. The van der Waals surface area contributed by atoms with Gasteiger partial charge in [-0.3, -0.25) is 14.4 Å². The summed E-state index contributed by atoms with van der Waals surface area (Å²) in [5.41, 5.74) is -1.49. The zero-order valence-electron chi connectivity index (χ0n) is 14.4. The fraction of sp³-hybridized carbons (Fsp3) is 0.158. The van der Waals surface area contributed by atoms with Gasteiger partial charge in [0.05, 0.1) is 27.9 Å². The number of hydrogen-bond acceptors (Lipinski definition) is 5. The Morgan fingerprint density at radius 1 is 1.00 bits per heavy atom. The van der Waals surface area contributed by atoms with Gasteiger partial charge in [-0.2, -0.15) is 13.2 Å². The topological polar surface area (TPSA) is 80.8 Å². The molecule has 0 N–H and O–H groups in total. The fourth-order valence-corrected chi connectivity index (χ4v) is 2.67. The van der Waals surface area contributed by atoms with E-state index in [-0.39, 0.29) is 28.2 Å². The number of alkyl halides is 3. The molecule has 9 heteroatoms. The molecule has 0 spiro atoms. The Morgan fingerprint density at radius 3 is 2.32 bits per heavy atom. The van der Waals surface area contributed by atoms with Crippen molar-refractivity contribution in [3.63, 3.8) is 0 Å². The second-order valence-corrected chi connectivity index (χ2v) is 6.03. The predicted molar refractivity (Wildman–Crippen MR) is 90.0 cm³/mol. The Balaban J connectivity index is 1.94. The number of carbonyl (C=O) groups excluding carboxylic acids is 4. The Bertz CT molecular complexity index is 1010. The number of amides is 2. The molecule has 1 aliphatic rings. The lowest BCUT2D eigenvalue weighted by Crippen LogP contribution is -2.29. The van der Waals surface area contributed by atoms with Crippen LogP contribution in [0.25, 0.3) is 0 Å². The van der Waals surface area contributed by atoms with E-state index in [1.807, 2.05) is 0 Å². The quantitative estimate of drug-likeness (QED) is 0.590. The van der Waals surface area contributed by atoms with Gasteiger partial charge in [-0.15, -0.1) is 0 Å². The molecule has 2 aromatic rings. The van der Waals surface area contributed by atoms with Gasteiger partial charge < -0.3 is 4.74 Å². The van der Waals surface area contributed by atoms with Crippen LogP contribution in [0.1, 0.15) is 43.6 Å². The molecule has 0 bridgehead atoms. The van der Waals surface area contributed by atoms with E-state index in [1.165, 1.54) is 25.1 Å². The predicted octanol–water partition coefficient (Wildman–Crippen LogP) is 3.25. The molecule has 28 heavy (non-hydrogen) atoms. The smallest absolute Gasteiger partial charge is 0.416 e. The van der Waals surface area contributed by atoms with Gasteiger partial charge in [-0.1, -0.05) is 6.07 Å². The van der Waals surface area contributed by atoms with Crippen LogP contribution in [0.2, 0.25) is 0 Å². The summed E-state index contributed by atoms with van der Waals surface area (Å²) in [6.07, 6.45) is -4.64. The van der Waals surface area contributed by atoms with Crippen molar-refractivity contribution < 1.29 is 37.1 Å². The number of ether oxygens (including phenoxy) is 1. The highest BCUT2D eigenvalue weighted by Gasteiger charge is 2.38. The maximum Gasteiger partial charge on any atom is 0.416 e. The molecule has 0 fully saturated rings. The lowest BCUT2D eigenvalue weighted by atomic mass is 10.1. The van der Waals surface area contributed by atoms with Gasteiger partial charge in [-0.05, 0) is 43.3 Å². The molecule has 0 radical (unpaired) electrons. The Kier molecular flexibility index (Phi) is 4.76. The SMILES string of the molecule is CC(=O)COC(=O)c1ccc2c(c1)C(=O)N(c1cccc(C(F)(F)F)c1)C2=O. The number of imide groups is 1. The van der Waals surface area contributed by atoms with E-state index < -0.39 is 36.1 Å². The Morgan fingerprint density at radius 2 is 1.68 bits per heavy atom. The summed E-state index contributed by atoms with van der Waals surface area (Å²) in [4.78, 5) is 48.6. The molecule has 0 atom stereocenters. The van der Waals surface area contributed by atoms with Gasteiger partial charge in [0.1, 0.15) is 6.61 Å². The zero-order chi connectivity index (χ0) is 20.6. The van der Waals surface area contributed by atoms with Crippen LogP contribution in [0.4, 0.5) is 18.9 Å². The van der Waals surface area contributed by atoms with E-state index in [9.17, 15) is 32.3 Å². The molecule has 3 rings (SSSR count). The lowest BCUT2D eigenvalue weighted by molar-refractivity contribution is -0.137. The third kappa shape index (κ3) is 3.51. The van der Waals surface area contributed by atoms with Crippen LogP contribution in [-0.2, 0) is 15.7 Å². The van der Waals surface area contributed by atoms with Gasteiger partial charge in [0, 0.05) is 0 Å². The molecule has 0 aromatic heterocycles. The van der Waals surface area contributed by atoms with E-state index in [0.717, 1.165) is 18.2 Å². The summed E-state index contributed by atoms with van der Waals surface area (Å²) in [7, 11) is 0. The monoisotopic (exact) mass is 391 g/mol. The maximum absolute atomic E-state index is 12.9. The van der Waals surface area contributed by atoms with Crippen molar-refractivity contribution in [1.29, 1.82) is 0 Å². The standard InChI is InChI=1S/C19H12F3NO5/c1-10(24)9-28-18(27)11-5-6-14-15(7-11)17(26)23(16(14)25)13-4-2-3-12(8-13)19(20,21)22/h2-8H,9H2,1H3. The largest absolute Gasteiger partial charge is 0.454 e. The summed E-state index contributed by atoms with van der Waals surface area (Å²) >= 11 is 0. The highest BCUT2D eigenvalue weighted by atomic mass is 19.4. The Labute approximate surface area is 156 Å². The van der Waals surface area contributed by atoms with Crippen LogP contribution in [0.15, 0.2) is 42.5 Å². The highest BCUT2D eigenvalue weighted by Crippen LogP contribution is 2.34. The van der Waals surface area contributed by atoms with Crippen molar-refractivity contribution >= 4 is 29.3 Å². The van der Waals surface area contributed by atoms with Crippen molar-refractivity contribution in [2.45, 2.75) is 13.1 Å². The molecule has 1 aliphatic heterocycles. The van der Waals surface area contributed by atoms with Crippen LogP contribution in [0.5, 0.6) is 0 Å². The fourth-order valence-electron chi connectivity index (χ4n) is 2.67. The van der Waals surface area contributed by atoms with Gasteiger partial charge >= 0.3 is 12.1 Å². The molecule has 6 nitrogen and oxygen atoms in total. The van der Waals surface area contributed by atoms with Crippen LogP contribution in [-0.4, -0.2) is 30.2 Å². The highest BCUT2D eigenvalue weighted by molar-refractivity contribution is 6.34. The molecule has 0 aliphatic carbocycles. The van der Waals surface area contributed by atoms with E-state index in [1.54, 1.807) is 0 Å². The molecule has 2 amide bonds. The maximum atomic E-state index is 12.9. The second-order valence-electron chi connectivity index (χ2n) is 6.03. The molecule has 0 saturated heterocycles. The lowest BCUT2D eigenvalue weighted by Gasteiger charge is -2.16. The van der Waals surface area contributed by atoms with Crippen molar-refractivity contribution in [2.24, 2.45) is 0 Å². The minimum atomic E-state index is -4.64. The minimum Gasteiger partial charge on any atom is -0.454 e. The summed E-state index contributed by atoms with van der Waals surface area (Å²) in [6, 6.07) is 7.39. The van der Waals surface area contributed by atoms with Crippen molar-refractivity contribution in [2.75, 3.05) is 11.5 Å². The number of esters is 1. The van der Waals surface area contributed by atoms with E-state index in [4.69, 9.17) is 4.74 Å². The molecule has 0 saturated carbocycles. The normalized spacial score (nSPS) is 13.5. The van der Waals surface area contributed by atoms with E-state index in [0.29, 0.717) is 11.0 Å². The number of benzene rings is 2. The molecular formula is C19H12F3NO5. The minimum absolute atomic E-state index is 0.0504. The average molecular weight is 391 g/mol. The van der Waals surface area contributed by atoms with Gasteiger partial charge in [0.15, 0.2) is 5.78 Å². The third-order valence-corrected chi connectivity index (χ3v) is 3.96. The summed E-state index contributed by atoms with van der Waals surface area (Å²) < 4.78 is 43.5. The second kappa shape index (κ2) is 6.91. The number of Topliss-reactive ketones (excluding diaryl/α,β-unsaturated/α-hetero) is 1. The van der Waals surface area contributed by atoms with Crippen molar-refractivity contribution in [3.05, 3.63) is 64.7 Å². The average Bonchev–Trinajstić information content (AvgIpc) is 2.89. The van der Waals surface area contributed by atoms with Gasteiger partial charge in [-0.25, -0.2) is 9.69 Å². The van der Waals surface area contributed by atoms with E-state index >= 15 is 0 Å². The summed E-state index contributed by atoms with van der Waals surface area (Å²) in [5, 5.41) is 0. The molecule has 144 valence electrons. The van der Waals surface area contributed by atoms with Crippen LogP contribution in [0, 0.1) is 0 Å². The Hall–Kier alpha value is -3.49. The molecule has 2 aromatic carbocycles. The number of rotatable bonds is 4. The third-order valence-electron chi connectivity index (χ3n) is 3.96. The zero-order valence-corrected chi connectivity index (χ0v) is 14.4. The van der Waals surface area contributed by atoms with Crippen LogP contribution < -0.4 is 4.90 Å². The van der Waals surface area contributed by atoms with Gasteiger partial charge in [0.2, 0.25) is 0 Å². The first kappa shape index (κ1) is 19.3. The van der Waals surface area contributed by atoms with Crippen molar-refractivity contribution in [1.82, 2.24) is 0 Å². The first-order valence-electron chi connectivity index (χ1n) is 7.96.